The van der Waals surface area contributed by atoms with Gasteiger partial charge in [0.15, 0.2) is 5.96 Å². The first kappa shape index (κ1) is 14.6. The molecule has 0 bridgehead atoms. The normalized spacial score (nSPS) is 11.4. The average molecular weight is 312 g/mol. The van der Waals surface area contributed by atoms with Gasteiger partial charge >= 0.3 is 0 Å². The monoisotopic (exact) mass is 311 g/mol. The second kappa shape index (κ2) is 7.06. The van der Waals surface area contributed by atoms with E-state index in [1.807, 2.05) is 38.1 Å². The van der Waals surface area contributed by atoms with Crippen molar-refractivity contribution in [1.29, 1.82) is 0 Å². The molecule has 0 heterocycles. The Morgan fingerprint density at radius 2 is 2.06 bits per heavy atom. The molecule has 1 aromatic rings. The fourth-order valence-electron chi connectivity index (χ4n) is 1.25. The molecule has 0 spiro atoms. The van der Waals surface area contributed by atoms with Crippen molar-refractivity contribution in [3.8, 4) is 5.75 Å². The van der Waals surface area contributed by atoms with Gasteiger partial charge in [-0.05, 0) is 38.1 Å². The maximum atomic E-state index is 5.72. The van der Waals surface area contributed by atoms with E-state index in [4.69, 9.17) is 10.5 Å². The molecule has 0 saturated carbocycles. The van der Waals surface area contributed by atoms with Crippen molar-refractivity contribution >= 4 is 27.6 Å². The van der Waals surface area contributed by atoms with Gasteiger partial charge in [-0.15, -0.1) is 0 Å². The van der Waals surface area contributed by atoms with Crippen LogP contribution in [0.4, 0.5) is 5.69 Å². The SMILES string of the molecule is C=C(Br)CN=C(N)Nc1ccc(OC(C)C)cc1. The number of nitrogens with one attached hydrogen (secondary N) is 1. The number of hydrogen-bond acceptors (Lipinski definition) is 2. The zero-order valence-electron chi connectivity index (χ0n) is 10.6. The minimum atomic E-state index is 0.167. The Morgan fingerprint density at radius 1 is 1.44 bits per heavy atom. The molecule has 0 fully saturated rings. The van der Waals surface area contributed by atoms with Gasteiger partial charge in [-0.25, -0.2) is 4.99 Å². The number of ether oxygens (including phenoxy) is 1. The van der Waals surface area contributed by atoms with Crippen molar-refractivity contribution in [2.45, 2.75) is 20.0 Å². The van der Waals surface area contributed by atoms with Crippen LogP contribution in [0, 0.1) is 0 Å². The van der Waals surface area contributed by atoms with Crippen molar-refractivity contribution < 1.29 is 4.74 Å². The summed E-state index contributed by atoms with van der Waals surface area (Å²) < 4.78 is 6.33. The lowest BCUT2D eigenvalue weighted by Crippen LogP contribution is -2.22. The highest BCUT2D eigenvalue weighted by Crippen LogP contribution is 2.16. The van der Waals surface area contributed by atoms with E-state index in [-0.39, 0.29) is 6.10 Å². The molecule has 4 nitrogen and oxygen atoms in total. The van der Waals surface area contributed by atoms with Crippen molar-refractivity contribution in [2.24, 2.45) is 10.7 Å². The molecular formula is C13H18BrN3O. The molecule has 0 saturated heterocycles. The average Bonchev–Trinajstić information content (AvgIpc) is 2.28. The van der Waals surface area contributed by atoms with Gasteiger partial charge in [0.2, 0.25) is 0 Å². The number of guanidine groups is 1. The van der Waals surface area contributed by atoms with Crippen LogP contribution in [0.15, 0.2) is 40.3 Å². The summed E-state index contributed by atoms with van der Waals surface area (Å²) in [5.41, 5.74) is 6.59. The molecule has 1 aromatic carbocycles. The van der Waals surface area contributed by atoms with Crippen molar-refractivity contribution in [3.63, 3.8) is 0 Å². The molecule has 98 valence electrons. The van der Waals surface area contributed by atoms with E-state index in [0.29, 0.717) is 12.5 Å². The van der Waals surface area contributed by atoms with Gasteiger partial charge in [0.05, 0.1) is 12.6 Å². The van der Waals surface area contributed by atoms with Crippen LogP contribution in [-0.2, 0) is 0 Å². The summed E-state index contributed by atoms with van der Waals surface area (Å²) in [7, 11) is 0. The van der Waals surface area contributed by atoms with Crippen LogP contribution in [0.1, 0.15) is 13.8 Å². The molecular weight excluding hydrogens is 294 g/mol. The van der Waals surface area contributed by atoms with Crippen LogP contribution < -0.4 is 15.8 Å². The Balaban J connectivity index is 2.58. The number of anilines is 1. The highest BCUT2D eigenvalue weighted by atomic mass is 79.9. The minimum absolute atomic E-state index is 0.167. The van der Waals surface area contributed by atoms with Gasteiger partial charge < -0.3 is 15.8 Å². The highest BCUT2D eigenvalue weighted by molar-refractivity contribution is 9.11. The fourth-order valence-corrected chi connectivity index (χ4v) is 1.37. The van der Waals surface area contributed by atoms with Crippen molar-refractivity contribution in [2.75, 3.05) is 11.9 Å². The van der Waals surface area contributed by atoms with E-state index in [1.54, 1.807) is 0 Å². The molecule has 0 radical (unpaired) electrons. The number of halogens is 1. The van der Waals surface area contributed by atoms with Crippen LogP contribution in [0.25, 0.3) is 0 Å². The predicted molar refractivity (Wildman–Crippen MR) is 80.4 cm³/mol. The van der Waals surface area contributed by atoms with E-state index in [9.17, 15) is 0 Å². The number of hydrogen-bond donors (Lipinski definition) is 2. The third-order valence-corrected chi connectivity index (χ3v) is 2.17. The van der Waals surface area contributed by atoms with Crippen LogP contribution in [0.2, 0.25) is 0 Å². The lowest BCUT2D eigenvalue weighted by molar-refractivity contribution is 0.242. The number of nitrogens with two attached hydrogens (primary N) is 1. The second-order valence-electron chi connectivity index (χ2n) is 4.03. The standard InChI is InChI=1S/C13H18BrN3O/c1-9(2)18-12-6-4-11(5-7-12)17-13(15)16-8-10(3)14/h4-7,9H,3,8H2,1-2H3,(H3,15,16,17). The molecule has 5 heteroatoms. The Kier molecular flexibility index (Phi) is 5.71. The molecule has 3 N–H and O–H groups in total. The van der Waals surface area contributed by atoms with Crippen molar-refractivity contribution in [3.05, 3.63) is 35.3 Å². The van der Waals surface area contributed by atoms with Crippen LogP contribution in [-0.4, -0.2) is 18.6 Å². The second-order valence-corrected chi connectivity index (χ2v) is 5.16. The number of nitrogens with zero attached hydrogens (tertiary/aromatic N) is 1. The summed E-state index contributed by atoms with van der Waals surface area (Å²) in [6.45, 7) is 8.11. The Hall–Kier alpha value is -1.49. The van der Waals surface area contributed by atoms with Gasteiger partial charge in [0.25, 0.3) is 0 Å². The molecule has 18 heavy (non-hydrogen) atoms. The molecule has 0 aliphatic heterocycles. The zero-order valence-corrected chi connectivity index (χ0v) is 12.2. The molecule has 0 aliphatic carbocycles. The van der Waals surface area contributed by atoms with E-state index >= 15 is 0 Å². The molecule has 0 atom stereocenters. The molecule has 0 aliphatic rings. The molecule has 0 amide bonds. The molecule has 0 unspecified atom stereocenters. The van der Waals surface area contributed by atoms with Crippen LogP contribution in [0.3, 0.4) is 0 Å². The third-order valence-electron chi connectivity index (χ3n) is 1.92. The van der Waals surface area contributed by atoms with Gasteiger partial charge in [0, 0.05) is 10.2 Å². The Morgan fingerprint density at radius 3 is 2.56 bits per heavy atom. The largest absolute Gasteiger partial charge is 0.491 e. The van der Waals surface area contributed by atoms with Crippen molar-refractivity contribution in [1.82, 2.24) is 0 Å². The molecule has 0 aromatic heterocycles. The maximum absolute atomic E-state index is 5.72. The topological polar surface area (TPSA) is 59.6 Å². The number of rotatable bonds is 5. The fraction of sp³-hybridized carbons (Fsp3) is 0.308. The van der Waals surface area contributed by atoms with Gasteiger partial charge in [-0.2, -0.15) is 0 Å². The summed E-state index contributed by atoms with van der Waals surface area (Å²) in [5, 5.41) is 2.99. The first-order valence-corrected chi connectivity index (χ1v) is 6.43. The van der Waals surface area contributed by atoms with E-state index in [0.717, 1.165) is 15.9 Å². The minimum Gasteiger partial charge on any atom is -0.491 e. The van der Waals surface area contributed by atoms with Crippen LogP contribution in [0.5, 0.6) is 5.75 Å². The summed E-state index contributed by atoms with van der Waals surface area (Å²) in [6, 6.07) is 7.56. The van der Waals surface area contributed by atoms with Gasteiger partial charge in [-0.3, -0.25) is 0 Å². The first-order chi connectivity index (χ1) is 8.47. The van der Waals surface area contributed by atoms with Gasteiger partial charge in [0.1, 0.15) is 5.75 Å². The predicted octanol–water partition coefficient (Wildman–Crippen LogP) is 3.11. The quantitative estimate of drug-likeness (QED) is 0.649. The molecule has 1 rings (SSSR count). The lowest BCUT2D eigenvalue weighted by atomic mass is 10.3. The first-order valence-electron chi connectivity index (χ1n) is 5.64. The summed E-state index contributed by atoms with van der Waals surface area (Å²) in [5.74, 6) is 1.19. The van der Waals surface area contributed by atoms with E-state index in [1.165, 1.54) is 0 Å². The zero-order chi connectivity index (χ0) is 13.5. The lowest BCUT2D eigenvalue weighted by Gasteiger charge is -2.10. The highest BCUT2D eigenvalue weighted by Gasteiger charge is 1.99. The number of aliphatic imine (C=N–C) groups is 1. The Bertz CT molecular complexity index is 426. The third kappa shape index (κ3) is 5.72. The maximum Gasteiger partial charge on any atom is 0.193 e. The smallest absolute Gasteiger partial charge is 0.193 e. The summed E-state index contributed by atoms with van der Waals surface area (Å²) in [6.07, 6.45) is 0.167. The van der Waals surface area contributed by atoms with E-state index < -0.39 is 0 Å². The summed E-state index contributed by atoms with van der Waals surface area (Å²) in [4.78, 5) is 4.10. The number of benzene rings is 1. The van der Waals surface area contributed by atoms with E-state index in [2.05, 4.69) is 32.8 Å². The summed E-state index contributed by atoms with van der Waals surface area (Å²) >= 11 is 3.22. The van der Waals surface area contributed by atoms with Crippen LogP contribution >= 0.6 is 15.9 Å². The van der Waals surface area contributed by atoms with Gasteiger partial charge in [-0.1, -0.05) is 22.5 Å². The Labute approximate surface area is 116 Å².